The van der Waals surface area contributed by atoms with E-state index in [4.69, 9.17) is 0 Å². The molecule has 6 heteroatoms. The lowest BCUT2D eigenvalue weighted by atomic mass is 10.2. The lowest BCUT2D eigenvalue weighted by Gasteiger charge is -2.09. The maximum Gasteiger partial charge on any atom is 0.174 e. The van der Waals surface area contributed by atoms with Crippen LogP contribution in [0.5, 0.6) is 0 Å². The molecule has 0 aromatic heterocycles. The van der Waals surface area contributed by atoms with Gasteiger partial charge in [0.25, 0.3) is 0 Å². The van der Waals surface area contributed by atoms with Gasteiger partial charge in [-0.2, -0.15) is 0 Å². The molecule has 0 saturated carbocycles. The number of hydrogen-bond donors (Lipinski definition) is 0. The van der Waals surface area contributed by atoms with E-state index in [0.29, 0.717) is 5.56 Å². The average Bonchev–Trinajstić information content (AvgIpc) is 2.17. The van der Waals surface area contributed by atoms with Crippen LogP contribution in [0.4, 0.5) is 0 Å². The second-order valence-electron chi connectivity index (χ2n) is 3.24. The summed E-state index contributed by atoms with van der Waals surface area (Å²) in [6, 6.07) is 8.81. The second kappa shape index (κ2) is 4.88. The van der Waals surface area contributed by atoms with Crippen molar-refractivity contribution in [2.75, 3.05) is 12.9 Å². The van der Waals surface area contributed by atoms with Crippen LogP contribution in [0.15, 0.2) is 35.6 Å². The minimum atomic E-state index is -3.31. The van der Waals surface area contributed by atoms with Crippen molar-refractivity contribution in [2.24, 2.45) is 5.29 Å². The smallest absolute Gasteiger partial charge is 0.174 e. The predicted octanol–water partition coefficient (Wildman–Crippen LogP) is 1.17. The van der Waals surface area contributed by atoms with E-state index in [0.717, 1.165) is 5.01 Å². The molecule has 15 heavy (non-hydrogen) atoms. The fourth-order valence-electron chi connectivity index (χ4n) is 1.18. The van der Waals surface area contributed by atoms with Crippen molar-refractivity contribution in [2.45, 2.75) is 5.75 Å². The fraction of sp³-hybridized carbons (Fsp3) is 0.333. The van der Waals surface area contributed by atoms with Gasteiger partial charge in [-0.1, -0.05) is 30.3 Å². The Bertz CT molecular complexity index is 416. The number of nitroso groups, excluding NO2 is 1. The summed E-state index contributed by atoms with van der Waals surface area (Å²) in [6.45, 7) is 0. The third-order valence-corrected chi connectivity index (χ3v) is 3.29. The Labute approximate surface area is 88.6 Å². The summed E-state index contributed by atoms with van der Waals surface area (Å²) in [4.78, 5) is 10.0. The van der Waals surface area contributed by atoms with Gasteiger partial charge in [0.1, 0.15) is 5.88 Å². The summed E-state index contributed by atoms with van der Waals surface area (Å²) in [7, 11) is -1.98. The number of benzene rings is 1. The van der Waals surface area contributed by atoms with E-state index in [1.54, 1.807) is 24.3 Å². The van der Waals surface area contributed by atoms with Crippen LogP contribution in [0.1, 0.15) is 5.56 Å². The lowest BCUT2D eigenvalue weighted by Crippen LogP contribution is -2.22. The third kappa shape index (κ3) is 4.07. The highest BCUT2D eigenvalue weighted by Crippen LogP contribution is 2.06. The molecule has 0 aliphatic heterocycles. The Balaban J connectivity index is 2.69. The summed E-state index contributed by atoms with van der Waals surface area (Å²) >= 11 is 0. The number of hydrogen-bond acceptors (Lipinski definition) is 4. The maximum absolute atomic E-state index is 11.5. The van der Waals surface area contributed by atoms with Gasteiger partial charge in [-0.25, -0.2) is 13.4 Å². The van der Waals surface area contributed by atoms with Crippen LogP contribution >= 0.6 is 0 Å². The number of rotatable bonds is 5. The van der Waals surface area contributed by atoms with Gasteiger partial charge in [-0.3, -0.25) is 0 Å². The Morgan fingerprint density at radius 2 is 1.87 bits per heavy atom. The molecule has 0 aliphatic rings. The SMILES string of the molecule is CN(CS(=O)(=O)Cc1ccccc1)N=O. The van der Waals surface area contributed by atoms with Gasteiger partial charge in [-0.05, 0) is 5.56 Å². The molecule has 0 N–H and O–H groups in total. The van der Waals surface area contributed by atoms with Crippen LogP contribution in [0.3, 0.4) is 0 Å². The highest BCUT2D eigenvalue weighted by Gasteiger charge is 2.14. The first-order valence-electron chi connectivity index (χ1n) is 4.32. The zero-order chi connectivity index (χ0) is 11.3. The molecule has 0 aliphatic carbocycles. The van der Waals surface area contributed by atoms with Crippen molar-refractivity contribution in [3.8, 4) is 0 Å². The van der Waals surface area contributed by atoms with Gasteiger partial charge in [-0.15, -0.1) is 4.91 Å². The van der Waals surface area contributed by atoms with Crippen molar-refractivity contribution >= 4 is 9.84 Å². The first-order chi connectivity index (χ1) is 7.03. The zero-order valence-corrected chi connectivity index (χ0v) is 9.14. The summed E-state index contributed by atoms with van der Waals surface area (Å²) in [5.74, 6) is -0.431. The van der Waals surface area contributed by atoms with Crippen molar-refractivity contribution in [1.82, 2.24) is 5.01 Å². The van der Waals surface area contributed by atoms with Crippen molar-refractivity contribution in [1.29, 1.82) is 0 Å². The molecule has 0 saturated heterocycles. The molecule has 0 unspecified atom stereocenters. The van der Waals surface area contributed by atoms with Gasteiger partial charge < -0.3 is 0 Å². The zero-order valence-electron chi connectivity index (χ0n) is 8.33. The van der Waals surface area contributed by atoms with Crippen LogP contribution in [0.25, 0.3) is 0 Å². The standard InChI is InChI=1S/C9H12N2O3S/c1-11(10-12)8-15(13,14)7-9-5-3-2-4-6-9/h2-6H,7-8H2,1H3. The molecule has 1 aromatic rings. The second-order valence-corrected chi connectivity index (χ2v) is 5.28. The first kappa shape index (κ1) is 11.6. The minimum absolute atomic E-state index is 0.0757. The van der Waals surface area contributed by atoms with E-state index in [-0.39, 0.29) is 11.6 Å². The van der Waals surface area contributed by atoms with E-state index in [9.17, 15) is 13.3 Å². The molecule has 0 radical (unpaired) electrons. The highest BCUT2D eigenvalue weighted by atomic mass is 32.2. The lowest BCUT2D eigenvalue weighted by molar-refractivity contribution is 0.399. The molecule has 82 valence electrons. The minimum Gasteiger partial charge on any atom is -0.249 e. The third-order valence-electron chi connectivity index (χ3n) is 1.75. The molecular formula is C9H12N2O3S. The van der Waals surface area contributed by atoms with Crippen LogP contribution in [-0.4, -0.2) is 26.4 Å². The Hall–Kier alpha value is -1.43. The Kier molecular flexibility index (Phi) is 3.79. The molecule has 5 nitrogen and oxygen atoms in total. The van der Waals surface area contributed by atoms with Gasteiger partial charge in [0.2, 0.25) is 0 Å². The molecule has 1 rings (SSSR count). The van der Waals surface area contributed by atoms with Gasteiger partial charge in [0, 0.05) is 7.05 Å². The number of sulfone groups is 1. The average molecular weight is 228 g/mol. The molecule has 0 bridgehead atoms. The van der Waals surface area contributed by atoms with Crippen LogP contribution in [0.2, 0.25) is 0 Å². The summed E-state index contributed by atoms with van der Waals surface area (Å²) < 4.78 is 23.1. The van der Waals surface area contributed by atoms with Crippen LogP contribution < -0.4 is 0 Å². The Morgan fingerprint density at radius 3 is 2.40 bits per heavy atom. The molecule has 0 heterocycles. The Morgan fingerprint density at radius 1 is 1.27 bits per heavy atom. The largest absolute Gasteiger partial charge is 0.249 e. The van der Waals surface area contributed by atoms with E-state index in [1.807, 2.05) is 6.07 Å². The monoisotopic (exact) mass is 228 g/mol. The van der Waals surface area contributed by atoms with Gasteiger partial charge >= 0.3 is 0 Å². The molecule has 0 fully saturated rings. The van der Waals surface area contributed by atoms with Crippen molar-refractivity contribution in [3.05, 3.63) is 40.8 Å². The normalized spacial score (nSPS) is 11.0. The quantitative estimate of drug-likeness (QED) is 0.560. The molecule has 0 amide bonds. The van der Waals surface area contributed by atoms with E-state index in [1.165, 1.54) is 7.05 Å². The first-order valence-corrected chi connectivity index (χ1v) is 6.14. The molecule has 0 spiro atoms. The number of nitrogens with zero attached hydrogens (tertiary/aromatic N) is 2. The van der Waals surface area contributed by atoms with Crippen molar-refractivity contribution < 1.29 is 8.42 Å². The molecule has 0 atom stereocenters. The maximum atomic E-state index is 11.5. The molecular weight excluding hydrogens is 216 g/mol. The van der Waals surface area contributed by atoms with Crippen LogP contribution in [-0.2, 0) is 15.6 Å². The van der Waals surface area contributed by atoms with E-state index >= 15 is 0 Å². The van der Waals surface area contributed by atoms with E-state index < -0.39 is 9.84 Å². The summed E-state index contributed by atoms with van der Waals surface area (Å²) in [6.07, 6.45) is 0. The topological polar surface area (TPSA) is 66.8 Å². The summed E-state index contributed by atoms with van der Waals surface area (Å²) in [5.41, 5.74) is 0.705. The highest BCUT2D eigenvalue weighted by molar-refractivity contribution is 7.90. The molecule has 1 aromatic carbocycles. The fourth-order valence-corrected chi connectivity index (χ4v) is 2.59. The van der Waals surface area contributed by atoms with Gasteiger partial charge in [0.05, 0.1) is 11.0 Å². The van der Waals surface area contributed by atoms with Gasteiger partial charge in [0.15, 0.2) is 9.84 Å². The predicted molar refractivity (Wildman–Crippen MR) is 57.5 cm³/mol. The van der Waals surface area contributed by atoms with E-state index in [2.05, 4.69) is 5.29 Å². The van der Waals surface area contributed by atoms with Crippen molar-refractivity contribution in [3.63, 3.8) is 0 Å². The van der Waals surface area contributed by atoms with Crippen LogP contribution in [0, 0.1) is 4.91 Å². The summed E-state index contributed by atoms with van der Waals surface area (Å²) in [5, 5.41) is 3.38.